The van der Waals surface area contributed by atoms with Crippen molar-refractivity contribution in [3.63, 3.8) is 0 Å². The van der Waals surface area contributed by atoms with Crippen molar-refractivity contribution in [1.29, 1.82) is 0 Å². The molecule has 1 aliphatic rings. The average Bonchev–Trinajstić information content (AvgIpc) is 3.05. The largest absolute Gasteiger partial charge is 0.366 e. The van der Waals surface area contributed by atoms with Crippen molar-refractivity contribution < 1.29 is 4.74 Å². The van der Waals surface area contributed by atoms with E-state index in [1.54, 1.807) is 0 Å². The van der Waals surface area contributed by atoms with Crippen LogP contribution in [0.4, 0.5) is 11.1 Å². The third kappa shape index (κ3) is 3.70. The lowest BCUT2D eigenvalue weighted by atomic mass is 9.87. The first-order valence-electron chi connectivity index (χ1n) is 8.31. The van der Waals surface area contributed by atoms with Crippen LogP contribution in [0.15, 0.2) is 30.3 Å². The molecule has 0 amide bonds. The number of morpholine rings is 1. The van der Waals surface area contributed by atoms with Crippen LogP contribution < -0.4 is 9.80 Å². The molecule has 3 rings (SSSR count). The standard InChI is InChI=1S/C18H26N4OS/c1-18(2,3)15-12-22(17-19-16(20-24-17)21(4)5)11-14(23-15)13-9-7-6-8-10-13/h6-10,14-15H,11-12H2,1-5H3/t14-,15+/m0/s1. The van der Waals surface area contributed by atoms with Crippen LogP contribution in [-0.2, 0) is 4.74 Å². The molecule has 0 spiro atoms. The third-order valence-electron chi connectivity index (χ3n) is 4.31. The second-order valence-corrected chi connectivity index (χ2v) is 8.30. The minimum Gasteiger partial charge on any atom is -0.366 e. The maximum Gasteiger partial charge on any atom is 0.238 e. The minimum absolute atomic E-state index is 0.0517. The lowest BCUT2D eigenvalue weighted by Gasteiger charge is -2.43. The second-order valence-electron chi connectivity index (χ2n) is 7.57. The van der Waals surface area contributed by atoms with E-state index in [9.17, 15) is 0 Å². The normalized spacial score (nSPS) is 21.8. The van der Waals surface area contributed by atoms with Gasteiger partial charge in [-0.05, 0) is 11.0 Å². The van der Waals surface area contributed by atoms with Gasteiger partial charge >= 0.3 is 0 Å². The van der Waals surface area contributed by atoms with Gasteiger partial charge in [-0.15, -0.1) is 0 Å². The number of nitrogens with zero attached hydrogens (tertiary/aromatic N) is 4. The van der Waals surface area contributed by atoms with Crippen molar-refractivity contribution in [2.75, 3.05) is 37.0 Å². The molecule has 2 heterocycles. The van der Waals surface area contributed by atoms with Crippen molar-refractivity contribution >= 4 is 22.6 Å². The van der Waals surface area contributed by atoms with Crippen LogP contribution in [0, 0.1) is 5.41 Å². The maximum atomic E-state index is 6.45. The number of benzene rings is 1. The molecule has 1 saturated heterocycles. The van der Waals surface area contributed by atoms with E-state index in [1.807, 2.05) is 25.1 Å². The number of anilines is 2. The van der Waals surface area contributed by atoms with Crippen LogP contribution >= 0.6 is 11.5 Å². The molecule has 0 bridgehead atoms. The number of rotatable bonds is 3. The lowest BCUT2D eigenvalue weighted by molar-refractivity contribution is -0.0791. The highest BCUT2D eigenvalue weighted by Crippen LogP contribution is 2.36. The molecule has 1 aliphatic heterocycles. The fraction of sp³-hybridized carbons (Fsp3) is 0.556. The summed E-state index contributed by atoms with van der Waals surface area (Å²) in [6.45, 7) is 8.34. The monoisotopic (exact) mass is 346 g/mol. The molecular weight excluding hydrogens is 320 g/mol. The summed E-state index contributed by atoms with van der Waals surface area (Å²) in [4.78, 5) is 8.94. The van der Waals surface area contributed by atoms with Gasteiger partial charge in [-0.25, -0.2) is 0 Å². The SMILES string of the molecule is CN(C)c1nsc(N2C[C@@H](c3ccccc3)O[C@@H](C(C)(C)C)C2)n1. The lowest BCUT2D eigenvalue weighted by Crippen LogP contribution is -2.49. The third-order valence-corrected chi connectivity index (χ3v) is 5.08. The minimum atomic E-state index is 0.0517. The topological polar surface area (TPSA) is 41.5 Å². The van der Waals surface area contributed by atoms with Gasteiger partial charge in [0.15, 0.2) is 0 Å². The molecule has 0 N–H and O–H groups in total. The molecule has 0 aliphatic carbocycles. The fourth-order valence-corrected chi connectivity index (χ4v) is 3.52. The molecule has 5 nitrogen and oxygen atoms in total. The van der Waals surface area contributed by atoms with Crippen molar-refractivity contribution in [3.05, 3.63) is 35.9 Å². The highest BCUT2D eigenvalue weighted by Gasteiger charge is 2.36. The van der Waals surface area contributed by atoms with Crippen LogP contribution in [0.5, 0.6) is 0 Å². The summed E-state index contributed by atoms with van der Waals surface area (Å²) in [5, 5.41) is 0.970. The predicted octanol–water partition coefficient (Wildman–Crippen LogP) is 3.60. The van der Waals surface area contributed by atoms with Crippen LogP contribution in [0.25, 0.3) is 0 Å². The van der Waals surface area contributed by atoms with E-state index in [1.165, 1.54) is 17.1 Å². The summed E-state index contributed by atoms with van der Waals surface area (Å²) in [6.07, 6.45) is 0.194. The molecule has 1 aromatic carbocycles. The Morgan fingerprint density at radius 2 is 1.88 bits per heavy atom. The molecule has 130 valence electrons. The second kappa shape index (κ2) is 6.69. The van der Waals surface area contributed by atoms with Crippen LogP contribution in [0.2, 0.25) is 0 Å². The maximum absolute atomic E-state index is 6.45. The van der Waals surface area contributed by atoms with Gasteiger partial charge in [0.05, 0.1) is 12.6 Å². The summed E-state index contributed by atoms with van der Waals surface area (Å²) >= 11 is 1.46. The molecule has 2 atom stereocenters. The Morgan fingerprint density at radius 3 is 2.46 bits per heavy atom. The van der Waals surface area contributed by atoms with Gasteiger partial charge < -0.3 is 14.5 Å². The first-order chi connectivity index (χ1) is 11.3. The molecule has 0 radical (unpaired) electrons. The Kier molecular flexibility index (Phi) is 4.78. The quantitative estimate of drug-likeness (QED) is 0.849. The number of hydrogen-bond acceptors (Lipinski definition) is 6. The average molecular weight is 347 g/mol. The van der Waals surface area contributed by atoms with Gasteiger partial charge in [0.25, 0.3) is 0 Å². The summed E-state index contributed by atoms with van der Waals surface area (Å²) in [7, 11) is 3.94. The Bertz CT molecular complexity index is 665. The molecule has 1 fully saturated rings. The smallest absolute Gasteiger partial charge is 0.238 e. The van der Waals surface area contributed by atoms with Crippen LogP contribution in [0.3, 0.4) is 0 Å². The Balaban J connectivity index is 1.87. The van der Waals surface area contributed by atoms with Gasteiger partial charge in [-0.2, -0.15) is 9.36 Å². The number of ether oxygens (including phenoxy) is 1. The molecular formula is C18H26N4OS. The summed E-state index contributed by atoms with van der Waals surface area (Å²) < 4.78 is 10.9. The number of aromatic nitrogens is 2. The van der Waals surface area contributed by atoms with E-state index >= 15 is 0 Å². The summed E-state index contributed by atoms with van der Waals surface area (Å²) in [5.74, 6) is 0.769. The zero-order valence-corrected chi connectivity index (χ0v) is 15.9. The van der Waals surface area contributed by atoms with Crippen molar-refractivity contribution in [2.24, 2.45) is 5.41 Å². The fourth-order valence-electron chi connectivity index (χ4n) is 2.76. The van der Waals surface area contributed by atoms with E-state index < -0.39 is 0 Å². The van der Waals surface area contributed by atoms with Crippen molar-refractivity contribution in [2.45, 2.75) is 33.0 Å². The van der Waals surface area contributed by atoms with E-state index in [2.05, 4.69) is 59.3 Å². The molecule has 1 aromatic heterocycles. The Labute approximate surface area is 148 Å². The van der Waals surface area contributed by atoms with E-state index in [0.29, 0.717) is 0 Å². The van der Waals surface area contributed by atoms with E-state index in [4.69, 9.17) is 4.74 Å². The molecule has 6 heteroatoms. The Morgan fingerprint density at radius 1 is 1.17 bits per heavy atom. The first kappa shape index (κ1) is 17.2. The summed E-state index contributed by atoms with van der Waals surface area (Å²) in [6, 6.07) is 10.5. The highest BCUT2D eigenvalue weighted by atomic mass is 32.1. The van der Waals surface area contributed by atoms with Crippen molar-refractivity contribution in [3.8, 4) is 0 Å². The number of hydrogen-bond donors (Lipinski definition) is 0. The van der Waals surface area contributed by atoms with Gasteiger partial charge in [0.2, 0.25) is 11.1 Å². The van der Waals surface area contributed by atoms with Gasteiger partial charge in [-0.3, -0.25) is 0 Å². The molecule has 0 saturated carbocycles. The highest BCUT2D eigenvalue weighted by molar-refractivity contribution is 7.09. The molecule has 0 unspecified atom stereocenters. The van der Waals surface area contributed by atoms with Gasteiger partial charge in [0.1, 0.15) is 6.10 Å². The predicted molar refractivity (Wildman–Crippen MR) is 100.0 cm³/mol. The van der Waals surface area contributed by atoms with Crippen molar-refractivity contribution in [1.82, 2.24) is 9.36 Å². The van der Waals surface area contributed by atoms with E-state index in [0.717, 1.165) is 24.2 Å². The molecule has 2 aromatic rings. The Hall–Kier alpha value is -1.66. The van der Waals surface area contributed by atoms with Gasteiger partial charge in [-0.1, -0.05) is 51.1 Å². The van der Waals surface area contributed by atoms with Gasteiger partial charge in [0, 0.05) is 32.2 Å². The van der Waals surface area contributed by atoms with E-state index in [-0.39, 0.29) is 17.6 Å². The van der Waals surface area contributed by atoms with Crippen LogP contribution in [0.1, 0.15) is 32.4 Å². The molecule has 24 heavy (non-hydrogen) atoms. The zero-order valence-electron chi connectivity index (χ0n) is 15.1. The zero-order chi connectivity index (χ0) is 17.3. The summed E-state index contributed by atoms with van der Waals surface area (Å²) in [5.41, 5.74) is 1.29. The van der Waals surface area contributed by atoms with Crippen LogP contribution in [-0.4, -0.2) is 42.6 Å². The first-order valence-corrected chi connectivity index (χ1v) is 9.08.